The maximum absolute atomic E-state index is 12.5. The molecule has 0 aliphatic carbocycles. The van der Waals surface area contributed by atoms with Crippen molar-refractivity contribution in [2.24, 2.45) is 0 Å². The highest BCUT2D eigenvalue weighted by Crippen LogP contribution is 2.30. The molecule has 0 radical (unpaired) electrons. The fourth-order valence-corrected chi connectivity index (χ4v) is 2.81. The van der Waals surface area contributed by atoms with Crippen LogP contribution in [0.5, 0.6) is 11.5 Å². The molecule has 1 amide bonds. The number of rotatable bonds is 5. The summed E-state index contributed by atoms with van der Waals surface area (Å²) in [6.07, 6.45) is 0. The fourth-order valence-electron chi connectivity index (χ4n) is 2.81. The van der Waals surface area contributed by atoms with Crippen molar-refractivity contribution in [2.45, 2.75) is 19.5 Å². The molecule has 0 bridgehead atoms. The lowest BCUT2D eigenvalue weighted by Gasteiger charge is -2.23. The van der Waals surface area contributed by atoms with Crippen molar-refractivity contribution in [2.75, 3.05) is 25.6 Å². The molecule has 2 atom stereocenters. The average molecular weight is 352 g/mol. The molecule has 1 aliphatic rings. The van der Waals surface area contributed by atoms with Gasteiger partial charge in [0.25, 0.3) is 5.91 Å². The Morgan fingerprint density at radius 3 is 2.77 bits per heavy atom. The number of hydrogen-bond acceptors (Lipinski definition) is 4. The highest BCUT2D eigenvalue weighted by atomic mass is 16.6. The molecule has 2 aromatic carbocycles. The quantitative estimate of drug-likeness (QED) is 0.852. The summed E-state index contributed by atoms with van der Waals surface area (Å²) in [4.78, 5) is 13.6. The first-order valence-electron chi connectivity index (χ1n) is 8.58. The molecular formula is C20H22N3O3+. The molecule has 1 aliphatic heterocycles. The third kappa shape index (κ3) is 4.13. The first kappa shape index (κ1) is 17.8. The van der Waals surface area contributed by atoms with E-state index >= 15 is 0 Å². The summed E-state index contributed by atoms with van der Waals surface area (Å²) in [7, 11) is 1.98. The number of nitriles is 1. The summed E-state index contributed by atoms with van der Waals surface area (Å²) < 4.78 is 11.2. The van der Waals surface area contributed by atoms with Crippen LogP contribution in [0.3, 0.4) is 0 Å². The number of carbonyl (C=O) groups excluding carboxylic acids is 1. The van der Waals surface area contributed by atoms with Crippen LogP contribution < -0.4 is 19.7 Å². The van der Waals surface area contributed by atoms with Gasteiger partial charge in [-0.25, -0.2) is 0 Å². The van der Waals surface area contributed by atoms with Crippen molar-refractivity contribution in [1.82, 2.24) is 0 Å². The van der Waals surface area contributed by atoms with E-state index < -0.39 is 0 Å². The van der Waals surface area contributed by atoms with Crippen molar-refractivity contribution in [3.63, 3.8) is 0 Å². The van der Waals surface area contributed by atoms with E-state index in [-0.39, 0.29) is 11.9 Å². The first-order chi connectivity index (χ1) is 12.6. The van der Waals surface area contributed by atoms with Crippen LogP contribution in [-0.2, 0) is 11.3 Å². The molecule has 6 heteroatoms. The van der Waals surface area contributed by atoms with E-state index in [0.717, 1.165) is 22.0 Å². The zero-order chi connectivity index (χ0) is 18.5. The molecule has 134 valence electrons. The largest absolute Gasteiger partial charge is 0.486 e. The number of hydrogen-bond donors (Lipinski definition) is 2. The van der Waals surface area contributed by atoms with Crippen LogP contribution >= 0.6 is 0 Å². The van der Waals surface area contributed by atoms with E-state index in [1.807, 2.05) is 32.2 Å². The normalized spacial score (nSPS) is 14.8. The Hall–Kier alpha value is -3.04. The van der Waals surface area contributed by atoms with Gasteiger partial charge in [-0.2, -0.15) is 5.26 Å². The molecule has 6 nitrogen and oxygen atoms in total. The van der Waals surface area contributed by atoms with Crippen LogP contribution in [0, 0.1) is 11.3 Å². The molecular weight excluding hydrogens is 330 g/mol. The summed E-state index contributed by atoms with van der Waals surface area (Å²) in [5, 5.41) is 11.8. The van der Waals surface area contributed by atoms with Crippen LogP contribution in [-0.4, -0.2) is 32.2 Å². The Bertz CT molecular complexity index is 844. The standard InChI is InChI=1S/C20H21N3O3/c1-14(20(24)22-17-5-3-4-15(10-17)12-21)23(2)13-16-6-7-18-19(11-16)26-9-8-25-18/h3-7,10-11,14H,8-9,13H2,1-2H3,(H,22,24)/p+1/t14-/m0/s1. The van der Waals surface area contributed by atoms with Crippen molar-refractivity contribution in [3.8, 4) is 17.6 Å². The zero-order valence-corrected chi connectivity index (χ0v) is 14.9. The Morgan fingerprint density at radius 2 is 2.00 bits per heavy atom. The third-order valence-electron chi connectivity index (χ3n) is 4.48. The van der Waals surface area contributed by atoms with Crippen molar-refractivity contribution < 1.29 is 19.2 Å². The van der Waals surface area contributed by atoms with E-state index in [2.05, 4.69) is 11.4 Å². The second-order valence-electron chi connectivity index (χ2n) is 6.40. The monoisotopic (exact) mass is 352 g/mol. The number of amides is 1. The van der Waals surface area contributed by atoms with Gasteiger partial charge >= 0.3 is 0 Å². The molecule has 1 heterocycles. The smallest absolute Gasteiger partial charge is 0.282 e. The molecule has 2 aromatic rings. The second-order valence-corrected chi connectivity index (χ2v) is 6.40. The van der Waals surface area contributed by atoms with Gasteiger partial charge < -0.3 is 19.7 Å². The molecule has 3 rings (SSSR count). The summed E-state index contributed by atoms with van der Waals surface area (Å²) in [6, 6.07) is 14.6. The van der Waals surface area contributed by atoms with Crippen LogP contribution in [0.1, 0.15) is 18.1 Å². The molecule has 0 fully saturated rings. The van der Waals surface area contributed by atoms with Crippen LogP contribution in [0.15, 0.2) is 42.5 Å². The van der Waals surface area contributed by atoms with Crippen LogP contribution in [0.2, 0.25) is 0 Å². The molecule has 0 aromatic heterocycles. The zero-order valence-electron chi connectivity index (χ0n) is 14.9. The summed E-state index contributed by atoms with van der Waals surface area (Å²) in [6.45, 7) is 3.70. The number of quaternary nitrogens is 1. The third-order valence-corrected chi connectivity index (χ3v) is 4.48. The Kier molecular flexibility index (Phi) is 5.40. The number of anilines is 1. The fraction of sp³-hybridized carbons (Fsp3) is 0.300. The summed E-state index contributed by atoms with van der Waals surface area (Å²) in [5.74, 6) is 1.43. The van der Waals surface area contributed by atoms with E-state index in [9.17, 15) is 4.79 Å². The lowest BCUT2D eigenvalue weighted by Crippen LogP contribution is -3.12. The topological polar surface area (TPSA) is 75.8 Å². The molecule has 0 saturated carbocycles. The van der Waals surface area contributed by atoms with Gasteiger partial charge in [-0.15, -0.1) is 0 Å². The minimum atomic E-state index is -0.256. The summed E-state index contributed by atoms with van der Waals surface area (Å²) in [5.41, 5.74) is 2.23. The SMILES string of the molecule is C[C@@H](C(=O)Nc1cccc(C#N)c1)[NH+](C)Cc1ccc2c(c1)OCCO2. The molecule has 0 spiro atoms. The van der Waals surface area contributed by atoms with Gasteiger partial charge in [0.1, 0.15) is 19.8 Å². The molecule has 0 saturated heterocycles. The number of carbonyl (C=O) groups is 1. The van der Waals surface area contributed by atoms with Gasteiger partial charge in [0, 0.05) is 11.3 Å². The Morgan fingerprint density at radius 1 is 1.23 bits per heavy atom. The maximum Gasteiger partial charge on any atom is 0.282 e. The highest BCUT2D eigenvalue weighted by Gasteiger charge is 2.23. The molecule has 2 N–H and O–H groups in total. The average Bonchev–Trinajstić information content (AvgIpc) is 2.67. The minimum absolute atomic E-state index is 0.0878. The van der Waals surface area contributed by atoms with Gasteiger partial charge in [-0.1, -0.05) is 6.07 Å². The predicted octanol–water partition coefficient (Wildman–Crippen LogP) is 1.37. The number of likely N-dealkylation sites (N-methyl/N-ethyl adjacent to an activating group) is 1. The first-order valence-corrected chi connectivity index (χ1v) is 8.58. The minimum Gasteiger partial charge on any atom is -0.486 e. The number of ether oxygens (including phenoxy) is 2. The Balaban J connectivity index is 1.62. The number of fused-ring (bicyclic) bond motifs is 1. The predicted molar refractivity (Wildman–Crippen MR) is 97.3 cm³/mol. The van der Waals surface area contributed by atoms with E-state index in [0.29, 0.717) is 31.0 Å². The number of nitrogens with zero attached hydrogens (tertiary/aromatic N) is 1. The summed E-state index contributed by atoms with van der Waals surface area (Å²) >= 11 is 0. The Labute approximate surface area is 152 Å². The van der Waals surface area contributed by atoms with E-state index in [1.54, 1.807) is 24.3 Å². The van der Waals surface area contributed by atoms with E-state index in [4.69, 9.17) is 14.7 Å². The molecule has 26 heavy (non-hydrogen) atoms. The van der Waals surface area contributed by atoms with Gasteiger partial charge in [-0.3, -0.25) is 4.79 Å². The van der Waals surface area contributed by atoms with E-state index in [1.165, 1.54) is 0 Å². The second kappa shape index (κ2) is 7.89. The molecule has 1 unspecified atom stereocenters. The van der Waals surface area contributed by atoms with Gasteiger partial charge in [-0.05, 0) is 43.3 Å². The van der Waals surface area contributed by atoms with Gasteiger partial charge in [0.2, 0.25) is 0 Å². The number of benzene rings is 2. The maximum atomic E-state index is 12.5. The van der Waals surface area contributed by atoms with Gasteiger partial charge in [0.05, 0.1) is 18.7 Å². The lowest BCUT2D eigenvalue weighted by atomic mass is 10.1. The highest BCUT2D eigenvalue weighted by molar-refractivity contribution is 5.93. The van der Waals surface area contributed by atoms with Gasteiger partial charge in [0.15, 0.2) is 17.5 Å². The number of nitrogens with one attached hydrogen (secondary N) is 2. The van der Waals surface area contributed by atoms with Crippen LogP contribution in [0.4, 0.5) is 5.69 Å². The van der Waals surface area contributed by atoms with Crippen LogP contribution in [0.25, 0.3) is 0 Å². The van der Waals surface area contributed by atoms with Crippen molar-refractivity contribution >= 4 is 11.6 Å². The lowest BCUT2D eigenvalue weighted by molar-refractivity contribution is -0.907. The van der Waals surface area contributed by atoms with Crippen molar-refractivity contribution in [3.05, 3.63) is 53.6 Å². The van der Waals surface area contributed by atoms with Crippen molar-refractivity contribution in [1.29, 1.82) is 5.26 Å².